The summed E-state index contributed by atoms with van der Waals surface area (Å²) in [7, 11) is 1.33. The number of morpholine rings is 1. The third kappa shape index (κ3) is 4.67. The molecule has 0 unspecified atom stereocenters. The van der Waals surface area contributed by atoms with E-state index in [-0.39, 0.29) is 11.8 Å². The lowest BCUT2D eigenvalue weighted by Crippen LogP contribution is -2.42. The van der Waals surface area contributed by atoms with Crippen LogP contribution in [0.5, 0.6) is 0 Å². The molecule has 134 valence electrons. The molecule has 1 atom stereocenters. The van der Waals surface area contributed by atoms with Gasteiger partial charge in [-0.15, -0.1) is 0 Å². The number of hydrogen-bond donors (Lipinski definition) is 1. The van der Waals surface area contributed by atoms with Gasteiger partial charge in [0.15, 0.2) is 5.13 Å². The summed E-state index contributed by atoms with van der Waals surface area (Å²) < 4.78 is 10.1. The Morgan fingerprint density at radius 1 is 1.38 bits per heavy atom. The molecule has 1 N–H and O–H groups in total. The fraction of sp³-hybridized carbons (Fsp3) is 0.688. The number of anilines is 1. The van der Waals surface area contributed by atoms with Crippen molar-refractivity contribution in [3.8, 4) is 0 Å². The van der Waals surface area contributed by atoms with E-state index in [2.05, 4.69) is 15.2 Å². The Hall–Kier alpha value is -1.67. The molecule has 2 heterocycles. The normalized spacial score (nSPS) is 16.1. The molecular weight excluding hydrogens is 330 g/mol. The van der Waals surface area contributed by atoms with E-state index in [0.717, 1.165) is 18.2 Å². The lowest BCUT2D eigenvalue weighted by Gasteiger charge is -2.26. The summed E-state index contributed by atoms with van der Waals surface area (Å²) in [6, 6.07) is -0.643. The standard InChI is InChI=1S/C16H25N3O4S/c1-10(2)9-12(15(21)22-4)18-14(20)13-11(3)17-16(24-13)19-5-7-23-8-6-19/h10,12H,5-9H2,1-4H3,(H,18,20)/t12-/m0/s1. The summed E-state index contributed by atoms with van der Waals surface area (Å²) in [6.45, 7) is 8.67. The lowest BCUT2D eigenvalue weighted by molar-refractivity contribution is -0.143. The number of amides is 1. The van der Waals surface area contributed by atoms with Crippen LogP contribution in [-0.2, 0) is 14.3 Å². The number of methoxy groups -OCH3 is 1. The van der Waals surface area contributed by atoms with Crippen molar-refractivity contribution in [1.29, 1.82) is 0 Å². The fourth-order valence-corrected chi connectivity index (χ4v) is 3.56. The van der Waals surface area contributed by atoms with E-state index >= 15 is 0 Å². The van der Waals surface area contributed by atoms with Crippen LogP contribution in [0.4, 0.5) is 5.13 Å². The van der Waals surface area contributed by atoms with Gasteiger partial charge in [0, 0.05) is 13.1 Å². The molecule has 1 aromatic heterocycles. The van der Waals surface area contributed by atoms with E-state index in [1.807, 2.05) is 20.8 Å². The maximum absolute atomic E-state index is 12.6. The summed E-state index contributed by atoms with van der Waals surface area (Å²) in [4.78, 5) is 31.6. The Kier molecular flexibility index (Phi) is 6.56. The monoisotopic (exact) mass is 355 g/mol. The summed E-state index contributed by atoms with van der Waals surface area (Å²) in [5.41, 5.74) is 0.673. The first-order valence-electron chi connectivity index (χ1n) is 8.11. The van der Waals surface area contributed by atoms with Gasteiger partial charge in [0.2, 0.25) is 0 Å². The maximum atomic E-state index is 12.6. The minimum atomic E-state index is -0.643. The highest BCUT2D eigenvalue weighted by Crippen LogP contribution is 2.27. The summed E-state index contributed by atoms with van der Waals surface area (Å²) >= 11 is 1.35. The number of ether oxygens (including phenoxy) is 2. The highest BCUT2D eigenvalue weighted by atomic mass is 32.1. The Balaban J connectivity index is 2.10. The number of nitrogens with one attached hydrogen (secondary N) is 1. The SMILES string of the molecule is COC(=O)[C@H](CC(C)C)NC(=O)c1sc(N2CCOCC2)nc1C. The molecule has 1 aromatic rings. The van der Waals surface area contributed by atoms with Gasteiger partial charge in [0.05, 0.1) is 26.0 Å². The Labute approximate surface area is 146 Å². The molecule has 1 amide bonds. The predicted octanol–water partition coefficient (Wildman–Crippen LogP) is 1.61. The predicted molar refractivity (Wildman–Crippen MR) is 92.6 cm³/mol. The van der Waals surface area contributed by atoms with Crippen LogP contribution < -0.4 is 10.2 Å². The van der Waals surface area contributed by atoms with Crippen LogP contribution in [0.3, 0.4) is 0 Å². The van der Waals surface area contributed by atoms with E-state index < -0.39 is 12.0 Å². The van der Waals surface area contributed by atoms with Gasteiger partial charge < -0.3 is 19.7 Å². The van der Waals surface area contributed by atoms with Crippen LogP contribution in [0.25, 0.3) is 0 Å². The number of carbonyl (C=O) groups is 2. The first-order chi connectivity index (χ1) is 11.4. The fourth-order valence-electron chi connectivity index (χ4n) is 2.53. The molecule has 7 nitrogen and oxygen atoms in total. The van der Waals surface area contributed by atoms with Crippen molar-refractivity contribution in [3.63, 3.8) is 0 Å². The second-order valence-corrected chi connectivity index (χ2v) is 7.17. The molecule has 0 aliphatic carbocycles. The quantitative estimate of drug-likeness (QED) is 0.781. The molecule has 1 saturated heterocycles. The Morgan fingerprint density at radius 3 is 2.62 bits per heavy atom. The van der Waals surface area contributed by atoms with Crippen molar-refractivity contribution in [2.45, 2.75) is 33.2 Å². The molecule has 2 rings (SSSR count). The molecule has 0 bridgehead atoms. The van der Waals surface area contributed by atoms with Gasteiger partial charge in [-0.2, -0.15) is 0 Å². The van der Waals surface area contributed by atoms with Crippen molar-refractivity contribution >= 4 is 28.3 Å². The molecule has 1 aliphatic rings. The van der Waals surface area contributed by atoms with E-state index in [0.29, 0.717) is 30.2 Å². The highest BCUT2D eigenvalue weighted by molar-refractivity contribution is 7.17. The number of nitrogens with zero attached hydrogens (tertiary/aromatic N) is 2. The summed E-state index contributed by atoms with van der Waals surface area (Å²) in [5.74, 6) is -0.436. The topological polar surface area (TPSA) is 80.8 Å². The minimum Gasteiger partial charge on any atom is -0.467 e. The summed E-state index contributed by atoms with van der Waals surface area (Å²) in [6.07, 6.45) is 0.534. The number of esters is 1. The number of thiazole rings is 1. The third-order valence-corrected chi connectivity index (χ3v) is 4.99. The largest absolute Gasteiger partial charge is 0.467 e. The lowest BCUT2D eigenvalue weighted by atomic mass is 10.0. The Bertz CT molecular complexity index is 582. The number of aromatic nitrogens is 1. The first-order valence-corrected chi connectivity index (χ1v) is 8.92. The van der Waals surface area contributed by atoms with E-state index in [9.17, 15) is 9.59 Å². The van der Waals surface area contributed by atoms with Gasteiger partial charge in [-0.3, -0.25) is 4.79 Å². The second kappa shape index (κ2) is 8.43. The van der Waals surface area contributed by atoms with Crippen molar-refractivity contribution in [2.75, 3.05) is 38.3 Å². The molecule has 0 radical (unpaired) electrons. The number of rotatable bonds is 6. The van der Waals surface area contributed by atoms with Crippen molar-refractivity contribution in [3.05, 3.63) is 10.6 Å². The molecule has 8 heteroatoms. The maximum Gasteiger partial charge on any atom is 0.328 e. The van der Waals surface area contributed by atoms with E-state index in [1.165, 1.54) is 18.4 Å². The highest BCUT2D eigenvalue weighted by Gasteiger charge is 2.26. The smallest absolute Gasteiger partial charge is 0.328 e. The van der Waals surface area contributed by atoms with Crippen molar-refractivity contribution in [2.24, 2.45) is 5.92 Å². The zero-order chi connectivity index (χ0) is 17.7. The number of carbonyl (C=O) groups excluding carboxylic acids is 2. The van der Waals surface area contributed by atoms with Gasteiger partial charge in [0.25, 0.3) is 5.91 Å². The molecule has 1 aliphatic heterocycles. The summed E-state index contributed by atoms with van der Waals surface area (Å²) in [5, 5.41) is 3.61. The molecule has 1 fully saturated rings. The molecular formula is C16H25N3O4S. The second-order valence-electron chi connectivity index (χ2n) is 6.19. The zero-order valence-corrected chi connectivity index (χ0v) is 15.4. The number of aryl methyl sites for hydroxylation is 1. The van der Waals surface area contributed by atoms with Crippen molar-refractivity contribution in [1.82, 2.24) is 10.3 Å². The van der Waals surface area contributed by atoms with E-state index in [1.54, 1.807) is 0 Å². The van der Waals surface area contributed by atoms with Crippen LogP contribution >= 0.6 is 11.3 Å². The number of hydrogen-bond acceptors (Lipinski definition) is 7. The molecule has 0 aromatic carbocycles. The zero-order valence-electron chi connectivity index (χ0n) is 14.6. The van der Waals surface area contributed by atoms with Crippen LogP contribution in [0.2, 0.25) is 0 Å². The average molecular weight is 355 g/mol. The third-order valence-electron chi connectivity index (χ3n) is 3.77. The van der Waals surface area contributed by atoms with Crippen LogP contribution in [0.15, 0.2) is 0 Å². The molecule has 0 saturated carbocycles. The van der Waals surface area contributed by atoms with Crippen LogP contribution in [0, 0.1) is 12.8 Å². The van der Waals surface area contributed by atoms with Crippen LogP contribution in [0.1, 0.15) is 35.6 Å². The molecule has 0 spiro atoms. The first kappa shape index (κ1) is 18.7. The van der Waals surface area contributed by atoms with Gasteiger partial charge in [-0.25, -0.2) is 9.78 Å². The average Bonchev–Trinajstić information content (AvgIpc) is 2.96. The van der Waals surface area contributed by atoms with Crippen LogP contribution in [-0.4, -0.2) is 56.3 Å². The Morgan fingerprint density at radius 2 is 2.04 bits per heavy atom. The van der Waals surface area contributed by atoms with Crippen molar-refractivity contribution < 1.29 is 19.1 Å². The van der Waals surface area contributed by atoms with Gasteiger partial charge in [0.1, 0.15) is 10.9 Å². The van der Waals surface area contributed by atoms with E-state index in [4.69, 9.17) is 9.47 Å². The molecule has 24 heavy (non-hydrogen) atoms. The van der Waals surface area contributed by atoms with Gasteiger partial charge in [-0.1, -0.05) is 25.2 Å². The van der Waals surface area contributed by atoms with Gasteiger partial charge >= 0.3 is 5.97 Å². The minimum absolute atomic E-state index is 0.265. The van der Waals surface area contributed by atoms with Gasteiger partial charge in [-0.05, 0) is 19.3 Å².